The van der Waals surface area contributed by atoms with E-state index in [1.54, 1.807) is 0 Å². The first kappa shape index (κ1) is 28.8. The summed E-state index contributed by atoms with van der Waals surface area (Å²) >= 11 is 6.17. The van der Waals surface area contributed by atoms with Crippen LogP contribution in [0, 0.1) is 13.8 Å². The number of benzene rings is 2. The number of amides is 1. The summed E-state index contributed by atoms with van der Waals surface area (Å²) in [7, 11) is 3.78. The zero-order valence-electron chi connectivity index (χ0n) is 21.3. The zero-order valence-corrected chi connectivity index (χ0v) is 22.1. The third kappa shape index (κ3) is 9.99. The average Bonchev–Trinajstić information content (AvgIpc) is 2.83. The van der Waals surface area contributed by atoms with Crippen molar-refractivity contribution in [3.8, 4) is 0 Å². The number of esters is 1. The van der Waals surface area contributed by atoms with Gasteiger partial charge in [0.05, 0.1) is 0 Å². The molecule has 7 heteroatoms. The minimum atomic E-state index is -0.432. The number of anilines is 1. The van der Waals surface area contributed by atoms with Gasteiger partial charge in [0.1, 0.15) is 0 Å². The Morgan fingerprint density at radius 1 is 1.11 bits per heavy atom. The van der Waals surface area contributed by atoms with E-state index in [-0.39, 0.29) is 25.0 Å². The first-order valence-corrected chi connectivity index (χ1v) is 12.9. The fourth-order valence-electron chi connectivity index (χ4n) is 4.14. The molecule has 0 spiro atoms. The van der Waals surface area contributed by atoms with Crippen LogP contribution >= 0.6 is 11.6 Å². The zero-order chi connectivity index (χ0) is 25.6. The van der Waals surface area contributed by atoms with Crippen molar-refractivity contribution in [3.05, 3.63) is 64.2 Å². The minimum Gasteiger partial charge on any atom is -0.0843 e. The van der Waals surface area contributed by atoms with Gasteiger partial charge in [0.25, 0.3) is 0 Å². The van der Waals surface area contributed by atoms with Gasteiger partial charge in [0, 0.05) is 5.02 Å². The Balaban J connectivity index is 2.14. The Bertz CT molecular complexity index is 945. The van der Waals surface area contributed by atoms with Crippen LogP contribution in [0.25, 0.3) is 0 Å². The Morgan fingerprint density at radius 3 is 2.43 bits per heavy atom. The molecule has 0 heterocycles. The number of aryl methyl sites for hydroxylation is 2. The van der Waals surface area contributed by atoms with Crippen LogP contribution in [0.5, 0.6) is 0 Å². The summed E-state index contributed by atoms with van der Waals surface area (Å²) in [4.78, 5) is 28.2. The van der Waals surface area contributed by atoms with Crippen LogP contribution in [0.1, 0.15) is 62.1 Å². The number of halogens is 1. The fraction of sp³-hybridized carbons (Fsp3) is 0.464. The summed E-state index contributed by atoms with van der Waals surface area (Å²) < 4.78 is 5.54. The van der Waals surface area contributed by atoms with E-state index in [0.717, 1.165) is 54.5 Å². The van der Waals surface area contributed by atoms with Crippen LogP contribution in [-0.2, 0) is 20.9 Å². The van der Waals surface area contributed by atoms with Gasteiger partial charge in [0.2, 0.25) is 0 Å². The SMILES string of the molecule is B=CCCCCCN(CC(=O)OCc1ccccc1)C(CCC)C(=O)Nc1c(C)cc(Cl)cc1C. The molecule has 2 aromatic carbocycles. The molecule has 1 atom stereocenters. The van der Waals surface area contributed by atoms with E-state index in [4.69, 9.17) is 16.3 Å². The molecule has 0 aromatic heterocycles. The smallest absolute Gasteiger partial charge is 0.0843 e. The van der Waals surface area contributed by atoms with Crippen molar-refractivity contribution in [3.63, 3.8) is 0 Å². The van der Waals surface area contributed by atoms with E-state index in [1.165, 1.54) is 0 Å². The number of unbranched alkanes of at least 4 members (excludes halogenated alkanes) is 3. The molecule has 1 amide bonds. The molecule has 0 aliphatic heterocycles. The van der Waals surface area contributed by atoms with E-state index in [9.17, 15) is 9.59 Å². The van der Waals surface area contributed by atoms with E-state index in [0.29, 0.717) is 18.0 Å². The van der Waals surface area contributed by atoms with Gasteiger partial charge in [-0.15, -0.1) is 0 Å². The number of ether oxygens (including phenoxy) is 1. The number of hydrogen-bond donors (Lipinski definition) is 1. The van der Waals surface area contributed by atoms with Crippen molar-refractivity contribution in [2.75, 3.05) is 18.4 Å². The molecule has 0 bridgehead atoms. The molecule has 2 rings (SSSR count). The maximum absolute atomic E-state index is 13.5. The monoisotopic (exact) mass is 496 g/mol. The van der Waals surface area contributed by atoms with Crippen LogP contribution < -0.4 is 5.32 Å². The van der Waals surface area contributed by atoms with Crippen LogP contribution in [0.15, 0.2) is 42.5 Å². The molecule has 0 saturated heterocycles. The number of nitrogens with zero attached hydrogens (tertiary/aromatic N) is 1. The standard InChI is InChI=1S/C28H38BClN2O3/c1-4-12-25(28(34)31-27-21(2)17-24(30)18-22(27)3)32(16-11-6-5-10-15-29)19-26(33)35-20-23-13-8-7-9-14-23/h7-9,13-15,17-18,25,29H,4-6,10-12,16,19-20H2,1-3H3,(H,31,34). The Morgan fingerprint density at radius 2 is 1.80 bits per heavy atom. The normalized spacial score (nSPS) is 11.8. The molecule has 188 valence electrons. The van der Waals surface area contributed by atoms with Crippen LogP contribution in [-0.4, -0.2) is 49.4 Å². The molecule has 0 aliphatic rings. The van der Waals surface area contributed by atoms with Crippen molar-refractivity contribution in [2.45, 2.75) is 71.9 Å². The predicted molar refractivity (Wildman–Crippen MR) is 148 cm³/mol. The van der Waals surface area contributed by atoms with E-state index in [2.05, 4.69) is 19.7 Å². The quantitative estimate of drug-likeness (QED) is 0.204. The summed E-state index contributed by atoms with van der Waals surface area (Å²) in [5.74, 6) is 1.48. The number of carbonyl (C=O) groups is 2. The Kier molecular flexibility index (Phi) is 12.8. The fourth-order valence-corrected chi connectivity index (χ4v) is 4.47. The molecule has 1 N–H and O–H groups in total. The summed E-state index contributed by atoms with van der Waals surface area (Å²) in [6, 6.07) is 12.9. The number of nitrogens with one attached hydrogen (secondary N) is 1. The number of carbonyl (C=O) groups excluding carboxylic acids is 2. The molecule has 2 aromatic rings. The Labute approximate surface area is 216 Å². The molecule has 35 heavy (non-hydrogen) atoms. The molecule has 1 unspecified atom stereocenters. The van der Waals surface area contributed by atoms with E-state index in [1.807, 2.05) is 67.2 Å². The summed E-state index contributed by atoms with van der Waals surface area (Å²) in [6.45, 7) is 6.86. The molecule has 5 nitrogen and oxygen atoms in total. The van der Waals surface area contributed by atoms with E-state index >= 15 is 0 Å². The Hall–Kier alpha value is -2.44. The molecule has 0 aliphatic carbocycles. The first-order chi connectivity index (χ1) is 16.8. The second kappa shape index (κ2) is 15.5. The van der Waals surface area contributed by atoms with Gasteiger partial charge in [-0.2, -0.15) is 0 Å². The summed E-state index contributed by atoms with van der Waals surface area (Å²) in [5, 5.41) is 3.75. The van der Waals surface area contributed by atoms with Crippen LogP contribution in [0.3, 0.4) is 0 Å². The van der Waals surface area contributed by atoms with Gasteiger partial charge in [-0.05, 0) is 26.0 Å². The maximum atomic E-state index is 13.5. The van der Waals surface area contributed by atoms with Gasteiger partial charge in [0.15, 0.2) is 0 Å². The summed E-state index contributed by atoms with van der Waals surface area (Å²) in [6.07, 6.45) is 5.39. The minimum absolute atomic E-state index is 0.0744. The third-order valence-electron chi connectivity index (χ3n) is 5.98. The van der Waals surface area contributed by atoms with E-state index < -0.39 is 6.04 Å². The number of hydrogen-bond acceptors (Lipinski definition) is 4. The van der Waals surface area contributed by atoms with Crippen molar-refractivity contribution in [1.29, 1.82) is 0 Å². The molecule has 0 fully saturated rings. The van der Waals surface area contributed by atoms with Crippen molar-refractivity contribution in [2.24, 2.45) is 0 Å². The van der Waals surface area contributed by atoms with Gasteiger partial charge < -0.3 is 0 Å². The molecule has 0 saturated carbocycles. The van der Waals surface area contributed by atoms with Crippen molar-refractivity contribution < 1.29 is 14.3 Å². The van der Waals surface area contributed by atoms with Crippen LogP contribution in [0.4, 0.5) is 5.69 Å². The van der Waals surface area contributed by atoms with Gasteiger partial charge in [-0.3, -0.25) is 0 Å². The summed E-state index contributed by atoms with van der Waals surface area (Å²) in [5.41, 5.74) is 3.54. The first-order valence-electron chi connectivity index (χ1n) is 12.5. The van der Waals surface area contributed by atoms with Gasteiger partial charge in [-0.1, -0.05) is 41.9 Å². The van der Waals surface area contributed by atoms with Crippen LogP contribution in [0.2, 0.25) is 5.02 Å². The molecular formula is C28H38BClN2O3. The number of rotatable bonds is 15. The predicted octanol–water partition coefficient (Wildman–Crippen LogP) is 5.37. The average molecular weight is 497 g/mol. The molecular weight excluding hydrogens is 459 g/mol. The second-order valence-corrected chi connectivity index (χ2v) is 9.40. The van der Waals surface area contributed by atoms with Crippen molar-refractivity contribution >= 4 is 42.6 Å². The molecule has 0 radical (unpaired) electrons. The van der Waals surface area contributed by atoms with Gasteiger partial charge in [-0.25, -0.2) is 0 Å². The van der Waals surface area contributed by atoms with Gasteiger partial charge >= 0.3 is 143 Å². The topological polar surface area (TPSA) is 58.6 Å². The second-order valence-electron chi connectivity index (χ2n) is 8.96. The van der Waals surface area contributed by atoms with Crippen molar-refractivity contribution in [1.82, 2.24) is 4.90 Å². The third-order valence-corrected chi connectivity index (χ3v) is 6.20.